The second-order valence-electron chi connectivity index (χ2n) is 6.88. The fourth-order valence-corrected chi connectivity index (χ4v) is 3.39. The number of rotatable bonds is 3. The van der Waals surface area contributed by atoms with Gasteiger partial charge in [0.15, 0.2) is 0 Å². The van der Waals surface area contributed by atoms with E-state index in [0.29, 0.717) is 0 Å². The molecule has 1 unspecified atom stereocenters. The fourth-order valence-electron chi connectivity index (χ4n) is 3.39. The van der Waals surface area contributed by atoms with Gasteiger partial charge in [-0.3, -0.25) is 4.90 Å². The van der Waals surface area contributed by atoms with Crippen molar-refractivity contribution in [1.82, 2.24) is 15.1 Å². The third kappa shape index (κ3) is 4.24. The van der Waals surface area contributed by atoms with E-state index in [4.69, 9.17) is 0 Å². The molecule has 126 valence electrons. The van der Waals surface area contributed by atoms with Crippen molar-refractivity contribution in [2.75, 3.05) is 51.1 Å². The quantitative estimate of drug-likeness (QED) is 0.897. The summed E-state index contributed by atoms with van der Waals surface area (Å²) >= 11 is 0. The van der Waals surface area contributed by atoms with Gasteiger partial charge in [0.05, 0.1) is 0 Å². The molecule has 1 atom stereocenters. The molecule has 5 nitrogen and oxygen atoms in total. The Labute approximate surface area is 139 Å². The van der Waals surface area contributed by atoms with Crippen LogP contribution < -0.4 is 10.6 Å². The van der Waals surface area contributed by atoms with Crippen LogP contribution in [0.25, 0.3) is 0 Å². The smallest absolute Gasteiger partial charge is 0.321 e. The van der Waals surface area contributed by atoms with E-state index in [0.717, 1.165) is 50.9 Å². The van der Waals surface area contributed by atoms with Crippen LogP contribution in [0.15, 0.2) is 18.2 Å². The zero-order valence-corrected chi connectivity index (χ0v) is 14.3. The lowest BCUT2D eigenvalue weighted by atomic mass is 10.1. The number of hydrogen-bond acceptors (Lipinski definition) is 3. The number of carbonyl (C=O) groups is 1. The minimum Gasteiger partial charge on any atom is -0.322 e. The summed E-state index contributed by atoms with van der Waals surface area (Å²) in [6.45, 7) is 11.2. The number of urea groups is 1. The summed E-state index contributed by atoms with van der Waals surface area (Å²) < 4.78 is 0. The summed E-state index contributed by atoms with van der Waals surface area (Å²) in [5.74, 6) is 0.783. The number of hydrogen-bond donors (Lipinski definition) is 2. The standard InChI is InChI=1S/C18H28N4O/c1-14-3-4-17(11-15(14)2)20-18(23)22-9-7-21(8-10-22)13-16-5-6-19-12-16/h3-4,11,16,19H,5-10,12-13H2,1-2H3,(H,20,23). The van der Waals surface area contributed by atoms with Gasteiger partial charge in [0.25, 0.3) is 0 Å². The molecule has 0 bridgehead atoms. The summed E-state index contributed by atoms with van der Waals surface area (Å²) in [5, 5.41) is 6.45. The molecule has 2 N–H and O–H groups in total. The van der Waals surface area contributed by atoms with E-state index < -0.39 is 0 Å². The number of anilines is 1. The molecule has 2 saturated heterocycles. The number of amides is 2. The van der Waals surface area contributed by atoms with Crippen LogP contribution in [-0.2, 0) is 0 Å². The molecule has 1 aromatic carbocycles. The Balaban J connectivity index is 1.46. The van der Waals surface area contributed by atoms with Crippen molar-refractivity contribution >= 4 is 11.7 Å². The van der Waals surface area contributed by atoms with Crippen LogP contribution in [0.1, 0.15) is 17.5 Å². The SMILES string of the molecule is Cc1ccc(NC(=O)N2CCN(CC3CCNC3)CC2)cc1C. The van der Waals surface area contributed by atoms with E-state index in [1.807, 2.05) is 17.0 Å². The predicted octanol–water partition coefficient (Wildman–Crippen LogP) is 2.06. The van der Waals surface area contributed by atoms with Crippen molar-refractivity contribution in [1.29, 1.82) is 0 Å². The Kier molecular flexibility index (Phi) is 5.18. The number of aryl methyl sites for hydroxylation is 2. The predicted molar refractivity (Wildman–Crippen MR) is 93.9 cm³/mol. The number of piperazine rings is 1. The Morgan fingerprint density at radius 3 is 2.65 bits per heavy atom. The third-order valence-corrected chi connectivity index (χ3v) is 5.10. The molecule has 3 rings (SSSR count). The summed E-state index contributed by atoms with van der Waals surface area (Å²) in [6, 6.07) is 6.09. The lowest BCUT2D eigenvalue weighted by Gasteiger charge is -2.35. The summed E-state index contributed by atoms with van der Waals surface area (Å²) in [7, 11) is 0. The van der Waals surface area contributed by atoms with E-state index in [2.05, 4.69) is 35.4 Å². The molecule has 0 aromatic heterocycles. The van der Waals surface area contributed by atoms with Crippen LogP contribution in [0.3, 0.4) is 0 Å². The lowest BCUT2D eigenvalue weighted by molar-refractivity contribution is 0.136. The minimum absolute atomic E-state index is 0.0236. The van der Waals surface area contributed by atoms with Crippen LogP contribution in [0.4, 0.5) is 10.5 Å². The fraction of sp³-hybridized carbons (Fsp3) is 0.611. The molecule has 2 amide bonds. The van der Waals surface area contributed by atoms with E-state index >= 15 is 0 Å². The van der Waals surface area contributed by atoms with Crippen LogP contribution in [0, 0.1) is 19.8 Å². The van der Waals surface area contributed by atoms with Gasteiger partial charge in [-0.05, 0) is 62.5 Å². The Morgan fingerprint density at radius 2 is 2.00 bits per heavy atom. The van der Waals surface area contributed by atoms with Crippen molar-refractivity contribution in [2.45, 2.75) is 20.3 Å². The van der Waals surface area contributed by atoms with Crippen molar-refractivity contribution in [3.05, 3.63) is 29.3 Å². The summed E-state index contributed by atoms with van der Waals surface area (Å²) in [5.41, 5.74) is 3.34. The Bertz CT molecular complexity index is 546. The van der Waals surface area contributed by atoms with Crippen molar-refractivity contribution in [3.8, 4) is 0 Å². The molecule has 2 aliphatic heterocycles. The van der Waals surface area contributed by atoms with Gasteiger partial charge in [0.1, 0.15) is 0 Å². The average molecular weight is 316 g/mol. The maximum absolute atomic E-state index is 12.4. The number of carbonyl (C=O) groups excluding carboxylic acids is 1. The van der Waals surface area contributed by atoms with Gasteiger partial charge in [-0.15, -0.1) is 0 Å². The minimum atomic E-state index is 0.0236. The summed E-state index contributed by atoms with van der Waals surface area (Å²) in [4.78, 5) is 16.8. The molecule has 5 heteroatoms. The highest BCUT2D eigenvalue weighted by Gasteiger charge is 2.24. The van der Waals surface area contributed by atoms with Gasteiger partial charge in [-0.25, -0.2) is 4.79 Å². The van der Waals surface area contributed by atoms with Crippen LogP contribution in [-0.4, -0.2) is 61.6 Å². The first-order chi connectivity index (χ1) is 11.1. The number of benzene rings is 1. The Morgan fingerprint density at radius 1 is 1.22 bits per heavy atom. The van der Waals surface area contributed by atoms with Crippen LogP contribution in [0.5, 0.6) is 0 Å². The van der Waals surface area contributed by atoms with Crippen molar-refractivity contribution in [3.63, 3.8) is 0 Å². The van der Waals surface area contributed by atoms with Gasteiger partial charge < -0.3 is 15.5 Å². The molecule has 0 aliphatic carbocycles. The summed E-state index contributed by atoms with van der Waals surface area (Å²) in [6.07, 6.45) is 1.29. The van der Waals surface area contributed by atoms with Gasteiger partial charge in [0.2, 0.25) is 0 Å². The second-order valence-corrected chi connectivity index (χ2v) is 6.88. The van der Waals surface area contributed by atoms with Gasteiger partial charge in [-0.2, -0.15) is 0 Å². The van der Waals surface area contributed by atoms with Gasteiger partial charge >= 0.3 is 6.03 Å². The molecule has 23 heavy (non-hydrogen) atoms. The van der Waals surface area contributed by atoms with E-state index in [-0.39, 0.29) is 6.03 Å². The molecular formula is C18H28N4O. The Hall–Kier alpha value is -1.59. The highest BCUT2D eigenvalue weighted by molar-refractivity contribution is 5.89. The highest BCUT2D eigenvalue weighted by atomic mass is 16.2. The molecule has 0 spiro atoms. The van der Waals surface area contributed by atoms with E-state index in [1.165, 1.54) is 24.1 Å². The zero-order chi connectivity index (χ0) is 16.2. The van der Waals surface area contributed by atoms with Crippen LogP contribution >= 0.6 is 0 Å². The normalized spacial score (nSPS) is 22.3. The monoisotopic (exact) mass is 316 g/mol. The first-order valence-corrected chi connectivity index (χ1v) is 8.68. The van der Waals surface area contributed by atoms with Crippen LogP contribution in [0.2, 0.25) is 0 Å². The lowest BCUT2D eigenvalue weighted by Crippen LogP contribution is -2.51. The van der Waals surface area contributed by atoms with E-state index in [9.17, 15) is 4.79 Å². The average Bonchev–Trinajstić information content (AvgIpc) is 3.04. The highest BCUT2D eigenvalue weighted by Crippen LogP contribution is 2.16. The van der Waals surface area contributed by atoms with Crippen molar-refractivity contribution < 1.29 is 4.79 Å². The number of nitrogens with zero attached hydrogens (tertiary/aromatic N) is 2. The molecule has 2 aliphatic rings. The molecular weight excluding hydrogens is 288 g/mol. The third-order valence-electron chi connectivity index (χ3n) is 5.10. The molecule has 2 fully saturated rings. The van der Waals surface area contributed by atoms with Gasteiger partial charge in [0, 0.05) is 38.4 Å². The van der Waals surface area contributed by atoms with E-state index in [1.54, 1.807) is 0 Å². The zero-order valence-electron chi connectivity index (χ0n) is 14.3. The maximum atomic E-state index is 12.4. The first kappa shape index (κ1) is 16.3. The van der Waals surface area contributed by atoms with Gasteiger partial charge in [-0.1, -0.05) is 6.07 Å². The first-order valence-electron chi connectivity index (χ1n) is 8.68. The molecule has 0 radical (unpaired) electrons. The molecule has 0 saturated carbocycles. The number of nitrogens with one attached hydrogen (secondary N) is 2. The van der Waals surface area contributed by atoms with Crippen molar-refractivity contribution in [2.24, 2.45) is 5.92 Å². The molecule has 1 aromatic rings. The second kappa shape index (κ2) is 7.32. The topological polar surface area (TPSA) is 47.6 Å². The largest absolute Gasteiger partial charge is 0.322 e. The maximum Gasteiger partial charge on any atom is 0.321 e. The molecule has 2 heterocycles.